The van der Waals surface area contributed by atoms with E-state index in [-0.39, 0.29) is 5.76 Å². The van der Waals surface area contributed by atoms with Crippen LogP contribution in [0.25, 0.3) is 0 Å². The van der Waals surface area contributed by atoms with E-state index in [1.807, 2.05) is 43.3 Å². The van der Waals surface area contributed by atoms with Gasteiger partial charge in [0.2, 0.25) is 5.76 Å². The molecule has 0 aliphatic carbocycles. The quantitative estimate of drug-likeness (QED) is 0.877. The van der Waals surface area contributed by atoms with Crippen molar-refractivity contribution in [3.05, 3.63) is 47.4 Å². The highest BCUT2D eigenvalue weighted by Gasteiger charge is 2.13. The van der Waals surface area contributed by atoms with Gasteiger partial charge in [-0.05, 0) is 25.1 Å². The van der Waals surface area contributed by atoms with Crippen molar-refractivity contribution in [2.75, 3.05) is 24.3 Å². The van der Waals surface area contributed by atoms with Crippen molar-refractivity contribution in [2.24, 2.45) is 0 Å². The van der Waals surface area contributed by atoms with Crippen molar-refractivity contribution in [3.63, 3.8) is 0 Å². The summed E-state index contributed by atoms with van der Waals surface area (Å²) in [6.07, 6.45) is 0. The summed E-state index contributed by atoms with van der Waals surface area (Å²) in [5, 5.41) is 12.2. The second-order valence-electron chi connectivity index (χ2n) is 4.76. The number of aryl methyl sites for hydroxylation is 1. The Morgan fingerprint density at radius 1 is 1.35 bits per heavy atom. The van der Waals surface area contributed by atoms with E-state index < -0.39 is 5.97 Å². The van der Waals surface area contributed by atoms with Crippen molar-refractivity contribution in [1.82, 2.24) is 0 Å². The zero-order valence-corrected chi connectivity index (χ0v) is 11.8. The van der Waals surface area contributed by atoms with Crippen LogP contribution in [0.4, 0.5) is 11.4 Å². The molecular weight excluding hydrogens is 256 g/mol. The van der Waals surface area contributed by atoms with Gasteiger partial charge in [-0.1, -0.05) is 12.1 Å². The summed E-state index contributed by atoms with van der Waals surface area (Å²) in [4.78, 5) is 12.9. The van der Waals surface area contributed by atoms with E-state index in [0.717, 1.165) is 16.9 Å². The van der Waals surface area contributed by atoms with Crippen LogP contribution < -0.4 is 10.2 Å². The van der Waals surface area contributed by atoms with Crippen LogP contribution in [0.1, 0.15) is 21.9 Å². The molecule has 0 aliphatic heterocycles. The van der Waals surface area contributed by atoms with Crippen molar-refractivity contribution in [3.8, 4) is 0 Å². The number of carboxylic acid groups (broad SMARTS) is 1. The van der Waals surface area contributed by atoms with Gasteiger partial charge in [0.1, 0.15) is 5.76 Å². The van der Waals surface area contributed by atoms with E-state index in [0.29, 0.717) is 12.3 Å². The topological polar surface area (TPSA) is 65.7 Å². The van der Waals surface area contributed by atoms with Gasteiger partial charge in [0, 0.05) is 26.2 Å². The van der Waals surface area contributed by atoms with Crippen molar-refractivity contribution in [2.45, 2.75) is 13.5 Å². The fourth-order valence-electron chi connectivity index (χ4n) is 2.00. The van der Waals surface area contributed by atoms with Crippen molar-refractivity contribution in [1.29, 1.82) is 0 Å². The molecule has 0 bridgehead atoms. The number of hydrogen-bond acceptors (Lipinski definition) is 4. The third-order valence-corrected chi connectivity index (χ3v) is 3.09. The molecule has 1 heterocycles. The first-order valence-electron chi connectivity index (χ1n) is 6.32. The van der Waals surface area contributed by atoms with Gasteiger partial charge in [-0.2, -0.15) is 0 Å². The Bertz CT molecular complexity index is 617. The second-order valence-corrected chi connectivity index (χ2v) is 4.76. The summed E-state index contributed by atoms with van der Waals surface area (Å²) in [6, 6.07) is 9.51. The summed E-state index contributed by atoms with van der Waals surface area (Å²) >= 11 is 0. The van der Waals surface area contributed by atoms with Crippen LogP contribution in [0.3, 0.4) is 0 Å². The van der Waals surface area contributed by atoms with Gasteiger partial charge in [0.25, 0.3) is 0 Å². The predicted octanol–water partition coefficient (Wildman–Crippen LogP) is 2.96. The maximum atomic E-state index is 10.9. The number of anilines is 2. The van der Waals surface area contributed by atoms with Gasteiger partial charge in [-0.25, -0.2) is 4.79 Å². The third kappa shape index (κ3) is 2.93. The van der Waals surface area contributed by atoms with E-state index >= 15 is 0 Å². The average molecular weight is 274 g/mol. The maximum Gasteiger partial charge on any atom is 0.371 e. The third-order valence-electron chi connectivity index (χ3n) is 3.09. The zero-order valence-electron chi connectivity index (χ0n) is 11.8. The highest BCUT2D eigenvalue weighted by atomic mass is 16.4. The van der Waals surface area contributed by atoms with Crippen LogP contribution in [0.5, 0.6) is 0 Å². The van der Waals surface area contributed by atoms with E-state index in [9.17, 15) is 4.79 Å². The Morgan fingerprint density at radius 3 is 2.65 bits per heavy atom. The molecule has 2 rings (SSSR count). The lowest BCUT2D eigenvalue weighted by Gasteiger charge is -2.18. The minimum atomic E-state index is -1.05. The van der Waals surface area contributed by atoms with Crippen LogP contribution in [0.2, 0.25) is 0 Å². The Labute approximate surface area is 117 Å². The van der Waals surface area contributed by atoms with Crippen molar-refractivity contribution >= 4 is 17.3 Å². The lowest BCUT2D eigenvalue weighted by Crippen LogP contribution is -2.12. The lowest BCUT2D eigenvalue weighted by atomic mass is 10.2. The molecular formula is C15H18N2O3. The van der Waals surface area contributed by atoms with Crippen LogP contribution in [-0.2, 0) is 6.54 Å². The molecule has 0 saturated carbocycles. The normalized spacial score (nSPS) is 10.3. The Balaban J connectivity index is 2.15. The van der Waals surface area contributed by atoms with Crippen LogP contribution in [-0.4, -0.2) is 25.2 Å². The predicted molar refractivity (Wildman–Crippen MR) is 78.5 cm³/mol. The van der Waals surface area contributed by atoms with E-state index in [1.54, 1.807) is 13.0 Å². The number of furan rings is 1. The molecule has 0 fully saturated rings. The average Bonchev–Trinajstić information content (AvgIpc) is 2.78. The molecule has 20 heavy (non-hydrogen) atoms. The molecule has 2 N–H and O–H groups in total. The van der Waals surface area contributed by atoms with Gasteiger partial charge >= 0.3 is 5.97 Å². The summed E-state index contributed by atoms with van der Waals surface area (Å²) in [5.41, 5.74) is 2.91. The van der Waals surface area contributed by atoms with E-state index in [2.05, 4.69) is 5.32 Å². The van der Waals surface area contributed by atoms with Gasteiger partial charge in [-0.3, -0.25) is 0 Å². The second kappa shape index (κ2) is 5.69. The zero-order chi connectivity index (χ0) is 14.7. The number of rotatable bonds is 5. The number of nitrogens with one attached hydrogen (secondary N) is 1. The van der Waals surface area contributed by atoms with Gasteiger partial charge in [-0.15, -0.1) is 0 Å². The summed E-state index contributed by atoms with van der Waals surface area (Å²) in [6.45, 7) is 2.29. The van der Waals surface area contributed by atoms with Gasteiger partial charge in [0.05, 0.1) is 11.4 Å². The van der Waals surface area contributed by atoms with E-state index in [4.69, 9.17) is 9.52 Å². The monoisotopic (exact) mass is 274 g/mol. The maximum absolute atomic E-state index is 10.9. The molecule has 0 radical (unpaired) electrons. The SMILES string of the molecule is Cc1oc(C(=O)O)cc1CNc1ccccc1N(C)C. The largest absolute Gasteiger partial charge is 0.475 e. The molecule has 0 aliphatic rings. The molecule has 0 unspecified atom stereocenters. The molecule has 2 aromatic rings. The summed E-state index contributed by atoms with van der Waals surface area (Å²) in [7, 11) is 3.96. The molecule has 1 aromatic heterocycles. The summed E-state index contributed by atoms with van der Waals surface area (Å²) < 4.78 is 5.19. The standard InChI is InChI=1S/C15H18N2O3/c1-10-11(8-14(20-10)15(18)19)9-16-12-6-4-5-7-13(12)17(2)3/h4-8,16H,9H2,1-3H3,(H,18,19). The first kappa shape index (κ1) is 14.0. The fourth-order valence-corrected chi connectivity index (χ4v) is 2.00. The molecule has 5 nitrogen and oxygen atoms in total. The van der Waals surface area contributed by atoms with Crippen molar-refractivity contribution < 1.29 is 14.3 Å². The molecule has 5 heteroatoms. The van der Waals surface area contributed by atoms with E-state index in [1.165, 1.54) is 0 Å². The molecule has 1 aromatic carbocycles. The molecule has 0 amide bonds. The first-order valence-corrected chi connectivity index (χ1v) is 6.32. The Hall–Kier alpha value is -2.43. The number of nitrogens with zero attached hydrogens (tertiary/aromatic N) is 1. The number of aromatic carboxylic acids is 1. The Kier molecular flexibility index (Phi) is 3.98. The first-order chi connectivity index (χ1) is 9.49. The van der Waals surface area contributed by atoms with Crippen LogP contribution in [0, 0.1) is 6.92 Å². The molecule has 0 spiro atoms. The molecule has 0 atom stereocenters. The minimum absolute atomic E-state index is 0.0276. The minimum Gasteiger partial charge on any atom is -0.475 e. The van der Waals surface area contributed by atoms with Gasteiger partial charge in [0.15, 0.2) is 0 Å². The number of benzene rings is 1. The molecule has 106 valence electrons. The Morgan fingerprint density at radius 2 is 2.05 bits per heavy atom. The van der Waals surface area contributed by atoms with Crippen LogP contribution >= 0.6 is 0 Å². The number of carbonyl (C=O) groups is 1. The fraction of sp³-hybridized carbons (Fsp3) is 0.267. The summed E-state index contributed by atoms with van der Waals surface area (Å²) in [5.74, 6) is -0.453. The number of hydrogen-bond donors (Lipinski definition) is 2. The number of para-hydroxylation sites is 2. The van der Waals surface area contributed by atoms with Crippen LogP contribution in [0.15, 0.2) is 34.7 Å². The smallest absolute Gasteiger partial charge is 0.371 e. The lowest BCUT2D eigenvalue weighted by molar-refractivity contribution is 0.0661. The highest BCUT2D eigenvalue weighted by molar-refractivity contribution is 5.84. The molecule has 0 saturated heterocycles. The number of carboxylic acids is 1. The highest BCUT2D eigenvalue weighted by Crippen LogP contribution is 2.25. The van der Waals surface area contributed by atoms with Gasteiger partial charge < -0.3 is 19.7 Å².